The van der Waals surface area contributed by atoms with Crippen molar-refractivity contribution in [3.8, 4) is 50.8 Å². The van der Waals surface area contributed by atoms with Crippen LogP contribution in [-0.4, -0.2) is 19.5 Å². The molecule has 0 amide bonds. The van der Waals surface area contributed by atoms with E-state index in [1.165, 1.54) is 0 Å². The largest absolute Gasteiger partial charge is 0.308 e. The lowest BCUT2D eigenvalue weighted by Crippen LogP contribution is -1.99. The van der Waals surface area contributed by atoms with E-state index in [1.807, 2.05) is 24.3 Å². The summed E-state index contributed by atoms with van der Waals surface area (Å²) in [5, 5.41) is 5.63. The van der Waals surface area contributed by atoms with Gasteiger partial charge >= 0.3 is 0 Å². The van der Waals surface area contributed by atoms with Crippen LogP contribution in [0.4, 0.5) is 0 Å². The quantitative estimate of drug-likeness (QED) is 0.186. The molecule has 0 spiro atoms. The van der Waals surface area contributed by atoms with Crippen molar-refractivity contribution in [3.63, 3.8) is 0 Å². The molecule has 3 aromatic heterocycles. The van der Waals surface area contributed by atoms with E-state index in [4.69, 9.17) is 15.0 Å². The summed E-state index contributed by atoms with van der Waals surface area (Å²) in [5.41, 5.74) is 11.0. The third-order valence-corrected chi connectivity index (χ3v) is 9.79. The molecular formula is C47H30N4. The molecule has 0 unspecified atom stereocenters. The lowest BCUT2D eigenvalue weighted by Gasteiger charge is -2.17. The highest BCUT2D eigenvalue weighted by Gasteiger charge is 2.24. The summed E-state index contributed by atoms with van der Waals surface area (Å²) in [5.74, 6) is 0.683. The SMILES string of the molecule is c1ccc(-c2cc(-c3c(-c4nc5ccccc5c5c4c4ccccc4n5-c4ccccc4)ccc4ccccc34)nc(-c3ccccc3)n2)cc1. The third-order valence-electron chi connectivity index (χ3n) is 9.79. The molecule has 10 aromatic rings. The predicted molar refractivity (Wildman–Crippen MR) is 211 cm³/mol. The van der Waals surface area contributed by atoms with E-state index in [0.717, 1.165) is 88.5 Å². The Kier molecular flexibility index (Phi) is 6.78. The zero-order valence-corrected chi connectivity index (χ0v) is 27.6. The zero-order valence-electron chi connectivity index (χ0n) is 27.6. The van der Waals surface area contributed by atoms with Gasteiger partial charge in [0.15, 0.2) is 5.82 Å². The second-order valence-electron chi connectivity index (χ2n) is 12.8. The molecule has 0 saturated heterocycles. The fourth-order valence-electron chi connectivity index (χ4n) is 7.52. The molecule has 0 bridgehead atoms. The molecule has 7 aromatic carbocycles. The van der Waals surface area contributed by atoms with E-state index in [1.54, 1.807) is 0 Å². The van der Waals surface area contributed by atoms with Crippen LogP contribution in [0.2, 0.25) is 0 Å². The Hall–Kier alpha value is -6.91. The van der Waals surface area contributed by atoms with Crippen LogP contribution in [0.3, 0.4) is 0 Å². The maximum Gasteiger partial charge on any atom is 0.160 e. The topological polar surface area (TPSA) is 43.6 Å². The predicted octanol–water partition coefficient (Wildman–Crippen LogP) is 11.9. The zero-order chi connectivity index (χ0) is 33.7. The summed E-state index contributed by atoms with van der Waals surface area (Å²) >= 11 is 0. The van der Waals surface area contributed by atoms with E-state index < -0.39 is 0 Å². The van der Waals surface area contributed by atoms with Crippen molar-refractivity contribution >= 4 is 43.5 Å². The van der Waals surface area contributed by atoms with E-state index in [-0.39, 0.29) is 0 Å². The number of pyridine rings is 1. The van der Waals surface area contributed by atoms with Gasteiger partial charge in [-0.3, -0.25) is 0 Å². The summed E-state index contributed by atoms with van der Waals surface area (Å²) < 4.78 is 2.39. The highest BCUT2D eigenvalue weighted by Crippen LogP contribution is 2.45. The molecule has 10 rings (SSSR count). The van der Waals surface area contributed by atoms with Crippen molar-refractivity contribution in [3.05, 3.63) is 182 Å². The van der Waals surface area contributed by atoms with Crippen LogP contribution in [0.15, 0.2) is 182 Å². The maximum atomic E-state index is 5.53. The van der Waals surface area contributed by atoms with Gasteiger partial charge in [-0.05, 0) is 41.1 Å². The molecule has 0 radical (unpaired) electrons. The van der Waals surface area contributed by atoms with Gasteiger partial charge in [0, 0.05) is 44.1 Å². The molecule has 0 aliphatic carbocycles. The minimum Gasteiger partial charge on any atom is -0.308 e. The van der Waals surface area contributed by atoms with Crippen LogP contribution in [0.25, 0.3) is 94.3 Å². The smallest absolute Gasteiger partial charge is 0.160 e. The first kappa shape index (κ1) is 29.0. The number of para-hydroxylation sites is 3. The van der Waals surface area contributed by atoms with E-state index in [2.05, 4.69) is 162 Å². The highest BCUT2D eigenvalue weighted by molar-refractivity contribution is 6.23. The van der Waals surface area contributed by atoms with E-state index in [0.29, 0.717) is 5.82 Å². The third kappa shape index (κ3) is 4.80. The van der Waals surface area contributed by atoms with Gasteiger partial charge in [-0.25, -0.2) is 15.0 Å². The average Bonchev–Trinajstić information content (AvgIpc) is 3.57. The Morgan fingerprint density at radius 1 is 0.431 bits per heavy atom. The van der Waals surface area contributed by atoms with Crippen LogP contribution < -0.4 is 0 Å². The number of hydrogen-bond acceptors (Lipinski definition) is 3. The normalized spacial score (nSPS) is 11.5. The van der Waals surface area contributed by atoms with Crippen molar-refractivity contribution < 1.29 is 0 Å². The van der Waals surface area contributed by atoms with Crippen LogP contribution in [-0.2, 0) is 0 Å². The Bertz CT molecular complexity index is 2840. The molecule has 4 heteroatoms. The van der Waals surface area contributed by atoms with Crippen LogP contribution >= 0.6 is 0 Å². The number of rotatable bonds is 5. The van der Waals surface area contributed by atoms with E-state index in [9.17, 15) is 0 Å². The molecule has 3 heterocycles. The Morgan fingerprint density at radius 3 is 1.82 bits per heavy atom. The Balaban J connectivity index is 1.36. The molecule has 0 atom stereocenters. The number of fused-ring (bicyclic) bond motifs is 6. The fraction of sp³-hybridized carbons (Fsp3) is 0. The van der Waals surface area contributed by atoms with Gasteiger partial charge in [0.1, 0.15) is 0 Å². The van der Waals surface area contributed by atoms with Gasteiger partial charge in [-0.1, -0.05) is 152 Å². The molecule has 0 aliphatic heterocycles. The lowest BCUT2D eigenvalue weighted by atomic mass is 9.91. The monoisotopic (exact) mass is 650 g/mol. The van der Waals surface area contributed by atoms with Crippen molar-refractivity contribution in [2.24, 2.45) is 0 Å². The summed E-state index contributed by atoms with van der Waals surface area (Å²) in [6, 6.07) is 63.6. The summed E-state index contributed by atoms with van der Waals surface area (Å²) in [7, 11) is 0. The molecule has 0 saturated carbocycles. The highest BCUT2D eigenvalue weighted by atomic mass is 15.0. The first-order valence-corrected chi connectivity index (χ1v) is 17.2. The molecule has 51 heavy (non-hydrogen) atoms. The van der Waals surface area contributed by atoms with Gasteiger partial charge in [-0.2, -0.15) is 0 Å². The minimum absolute atomic E-state index is 0.683. The van der Waals surface area contributed by atoms with Gasteiger partial charge in [0.05, 0.1) is 33.6 Å². The van der Waals surface area contributed by atoms with Crippen LogP contribution in [0.5, 0.6) is 0 Å². The average molecular weight is 651 g/mol. The van der Waals surface area contributed by atoms with Crippen molar-refractivity contribution in [2.75, 3.05) is 0 Å². The standard InChI is InChI=1S/C47H30N4/c1-4-17-32(18-5-1)40-30-41(50-47(49-40)33-19-6-2-7-20-33)43-35-23-11-10-16-31(35)28-29-38(43)45-44-37-25-13-15-27-42(37)51(34-21-8-3-9-22-34)46(44)36-24-12-14-26-39(36)48-45/h1-30H. The number of benzene rings is 7. The number of aromatic nitrogens is 4. The van der Waals surface area contributed by atoms with Crippen LogP contribution in [0.1, 0.15) is 0 Å². The van der Waals surface area contributed by atoms with Gasteiger partial charge in [-0.15, -0.1) is 0 Å². The minimum atomic E-state index is 0.683. The summed E-state index contributed by atoms with van der Waals surface area (Å²) in [4.78, 5) is 16.0. The van der Waals surface area contributed by atoms with Crippen molar-refractivity contribution in [1.29, 1.82) is 0 Å². The first-order chi connectivity index (χ1) is 25.3. The molecular weight excluding hydrogens is 621 g/mol. The number of hydrogen-bond donors (Lipinski definition) is 0. The second-order valence-corrected chi connectivity index (χ2v) is 12.8. The lowest BCUT2D eigenvalue weighted by molar-refractivity contribution is 1.18. The fourth-order valence-corrected chi connectivity index (χ4v) is 7.52. The second kappa shape index (κ2) is 11.9. The molecule has 238 valence electrons. The summed E-state index contributed by atoms with van der Waals surface area (Å²) in [6.45, 7) is 0. The maximum absolute atomic E-state index is 5.53. The Labute approximate surface area is 295 Å². The van der Waals surface area contributed by atoms with Gasteiger partial charge in [0.25, 0.3) is 0 Å². The molecule has 0 N–H and O–H groups in total. The molecule has 4 nitrogen and oxygen atoms in total. The van der Waals surface area contributed by atoms with E-state index >= 15 is 0 Å². The van der Waals surface area contributed by atoms with Gasteiger partial charge < -0.3 is 4.57 Å². The van der Waals surface area contributed by atoms with Gasteiger partial charge in [0.2, 0.25) is 0 Å². The molecule has 0 aliphatic rings. The summed E-state index contributed by atoms with van der Waals surface area (Å²) in [6.07, 6.45) is 0. The van der Waals surface area contributed by atoms with Crippen molar-refractivity contribution in [2.45, 2.75) is 0 Å². The van der Waals surface area contributed by atoms with Crippen LogP contribution in [0, 0.1) is 0 Å². The number of nitrogens with zero attached hydrogens (tertiary/aromatic N) is 4. The first-order valence-electron chi connectivity index (χ1n) is 17.2. The Morgan fingerprint density at radius 2 is 1.04 bits per heavy atom. The van der Waals surface area contributed by atoms with Crippen molar-refractivity contribution in [1.82, 2.24) is 19.5 Å². The molecule has 0 fully saturated rings.